The molecule has 5 N–H and O–H groups in total. The zero-order valence-electron chi connectivity index (χ0n) is 51.4. The molecule has 22 nitrogen and oxygen atoms in total. The molecule has 1 fully saturated rings. The zero-order chi connectivity index (χ0) is 62.2. The van der Waals surface area contributed by atoms with Gasteiger partial charge in [0.1, 0.15) is 19.5 Å². The first kappa shape index (κ1) is 70.4. The maximum atomic E-state index is 14.9. The Morgan fingerprint density at radius 1 is 0.857 bits per heavy atom. The molecule has 2 aromatic rings. The van der Waals surface area contributed by atoms with Crippen LogP contribution < -0.4 is 21.3 Å². The van der Waals surface area contributed by atoms with Gasteiger partial charge in [0, 0.05) is 60.2 Å². The standard InChI is InChI=1S/C61H93N7O15S/c1-14-39(6)55(50(78-11)32-53(72)68-28-18-23-48(68)57(79-12)40(7)58(74)63-41(8)56(73)43-20-16-15-17-21-43)66(9)59(75)45(37(2)3)31-49(69)54(38(4)5)67(10)61(77)82-33-42-24-25-46(65-60(76)83-44-22-19-29-80-36-81-34-44)47(30-42)64-51(70)26-27-62-52(71)35-84-13/h15-17,19-22,24-25,30,37-41,44-45,48,50,54-57,73H,14,18,23,26-29,31-36H2,1-13H3,(H,62,71)(H,63,74)(H,64,70)(H,65,76)/b22-19+/t39-,40+,41+,44?,45?,48-,50+,54-,55-,56+,57+/m0/s1. The molecule has 23 heteroatoms. The Hall–Kier alpha value is -6.11. The molecule has 468 valence electrons. The maximum absolute atomic E-state index is 14.9. The molecule has 0 saturated carbocycles. The third-order valence-electron chi connectivity index (χ3n) is 15.6. The summed E-state index contributed by atoms with van der Waals surface area (Å²) >= 11 is 1.34. The van der Waals surface area contributed by atoms with Gasteiger partial charge >= 0.3 is 12.2 Å². The molecule has 2 unspecified atom stereocenters. The highest BCUT2D eigenvalue weighted by atomic mass is 32.2. The van der Waals surface area contributed by atoms with E-state index in [0.717, 1.165) is 0 Å². The Morgan fingerprint density at radius 2 is 1.57 bits per heavy atom. The van der Waals surface area contributed by atoms with Crippen molar-refractivity contribution in [1.82, 2.24) is 25.3 Å². The van der Waals surface area contributed by atoms with E-state index in [0.29, 0.717) is 36.9 Å². The second kappa shape index (κ2) is 35.4. The van der Waals surface area contributed by atoms with Crippen LogP contribution in [-0.2, 0) is 63.8 Å². The number of ether oxygens (including phenoxy) is 6. The van der Waals surface area contributed by atoms with Gasteiger partial charge < -0.3 is 64.2 Å². The van der Waals surface area contributed by atoms with Crippen molar-refractivity contribution >= 4 is 70.6 Å². The minimum absolute atomic E-state index is 0.0329. The number of carbonyl (C=O) groups is 8. The van der Waals surface area contributed by atoms with Crippen LogP contribution in [0.2, 0.25) is 0 Å². The van der Waals surface area contributed by atoms with Gasteiger partial charge in [0.2, 0.25) is 29.5 Å². The van der Waals surface area contributed by atoms with Crippen LogP contribution in [0.15, 0.2) is 60.7 Å². The van der Waals surface area contributed by atoms with Crippen LogP contribution in [0.25, 0.3) is 0 Å². The number of methoxy groups -OCH3 is 2. The second-order valence-electron chi connectivity index (χ2n) is 22.4. The monoisotopic (exact) mass is 1200 g/mol. The molecule has 2 aromatic carbocycles. The number of aliphatic hydroxyl groups excluding tert-OH is 1. The van der Waals surface area contributed by atoms with E-state index in [2.05, 4.69) is 21.3 Å². The average molecular weight is 1200 g/mol. The van der Waals surface area contributed by atoms with Crippen LogP contribution in [0.4, 0.5) is 21.0 Å². The minimum atomic E-state index is -0.997. The average Bonchev–Trinajstić information content (AvgIpc) is 3.44. The maximum Gasteiger partial charge on any atom is 0.412 e. The number of nitrogens with one attached hydrogen (secondary N) is 4. The number of ketones is 1. The van der Waals surface area contributed by atoms with Crippen molar-refractivity contribution in [3.8, 4) is 0 Å². The summed E-state index contributed by atoms with van der Waals surface area (Å²) in [7, 11) is 6.18. The smallest absolute Gasteiger partial charge is 0.412 e. The molecule has 84 heavy (non-hydrogen) atoms. The third kappa shape index (κ3) is 20.8. The lowest BCUT2D eigenvalue weighted by Gasteiger charge is -2.41. The fourth-order valence-corrected chi connectivity index (χ4v) is 11.2. The molecule has 4 rings (SSSR count). The summed E-state index contributed by atoms with van der Waals surface area (Å²) in [6.45, 7) is 15.4. The van der Waals surface area contributed by atoms with Crippen molar-refractivity contribution in [1.29, 1.82) is 0 Å². The Balaban J connectivity index is 1.46. The van der Waals surface area contributed by atoms with Crippen LogP contribution in [0.1, 0.15) is 111 Å². The van der Waals surface area contributed by atoms with Crippen molar-refractivity contribution in [2.45, 2.75) is 149 Å². The molecule has 2 aliphatic rings. The molecule has 2 aliphatic heterocycles. The number of likely N-dealkylation sites (N-methyl/N-ethyl adjacent to an activating group) is 2. The van der Waals surface area contributed by atoms with E-state index in [1.54, 1.807) is 81.1 Å². The lowest BCUT2D eigenvalue weighted by atomic mass is 9.83. The van der Waals surface area contributed by atoms with E-state index in [9.17, 15) is 43.5 Å². The van der Waals surface area contributed by atoms with Crippen molar-refractivity contribution in [3.05, 3.63) is 71.8 Å². The molecule has 0 radical (unpaired) electrons. The largest absolute Gasteiger partial charge is 0.445 e. The quantitative estimate of drug-likeness (QED) is 0.0478. The summed E-state index contributed by atoms with van der Waals surface area (Å²) in [5.41, 5.74) is 1.43. The Labute approximate surface area is 500 Å². The van der Waals surface area contributed by atoms with Gasteiger partial charge in [-0.2, -0.15) is 11.8 Å². The van der Waals surface area contributed by atoms with E-state index in [1.165, 1.54) is 50.1 Å². The Kier molecular flexibility index (Phi) is 29.6. The molecule has 1 saturated heterocycles. The predicted molar refractivity (Wildman–Crippen MR) is 321 cm³/mol. The topological polar surface area (TPSA) is 270 Å². The fraction of sp³-hybridized carbons (Fsp3) is 0.639. The van der Waals surface area contributed by atoms with Crippen LogP contribution in [0.3, 0.4) is 0 Å². The molecule has 0 aliphatic carbocycles. The first-order chi connectivity index (χ1) is 40.0. The van der Waals surface area contributed by atoms with Crippen LogP contribution in [0.5, 0.6) is 0 Å². The predicted octanol–water partition coefficient (Wildman–Crippen LogP) is 6.96. The van der Waals surface area contributed by atoms with E-state index < -0.39 is 84.4 Å². The van der Waals surface area contributed by atoms with E-state index in [1.807, 2.05) is 45.9 Å². The van der Waals surface area contributed by atoms with Crippen LogP contribution >= 0.6 is 11.8 Å². The molecule has 7 amide bonds. The summed E-state index contributed by atoms with van der Waals surface area (Å²) < 4.78 is 33.9. The Morgan fingerprint density at radius 3 is 2.21 bits per heavy atom. The van der Waals surface area contributed by atoms with Gasteiger partial charge in [-0.25, -0.2) is 9.59 Å². The summed E-state index contributed by atoms with van der Waals surface area (Å²) in [4.78, 5) is 114. The number of hydrogen-bond acceptors (Lipinski definition) is 16. The van der Waals surface area contributed by atoms with Crippen LogP contribution in [0, 0.1) is 29.6 Å². The van der Waals surface area contributed by atoms with E-state index in [-0.39, 0.29) is 111 Å². The molecule has 0 bridgehead atoms. The molecule has 0 aromatic heterocycles. The van der Waals surface area contributed by atoms with Crippen molar-refractivity contribution in [2.24, 2.45) is 29.6 Å². The molecular weight excluding hydrogens is 1100 g/mol. The number of benzene rings is 2. The van der Waals surface area contributed by atoms with Gasteiger partial charge in [-0.15, -0.1) is 0 Å². The normalized spacial score (nSPS) is 18.9. The molecule has 2 heterocycles. The SMILES string of the molecule is CC[C@H](C)[C@@H]([C@@H](CC(=O)N1CCC[C@H]1[C@H](OC)[C@@H](C)C(=O)N[C@H](C)[C@@H](O)c1ccccc1)OC)N(C)C(=O)C(CC(=O)[C@H](C(C)C)N(C)C(=O)OCc1ccc(NC(=O)OC2/C=C/COCOC2)c(NC(=O)CCNC(=O)CSC)c1)C(C)C. The van der Waals surface area contributed by atoms with Gasteiger partial charge in [-0.3, -0.25) is 34.1 Å². The van der Waals surface area contributed by atoms with Gasteiger partial charge in [-0.1, -0.05) is 97.4 Å². The molecule has 11 atom stereocenters. The van der Waals surface area contributed by atoms with Gasteiger partial charge in [0.05, 0.1) is 85.2 Å². The fourth-order valence-electron chi connectivity index (χ4n) is 10.8. The highest BCUT2D eigenvalue weighted by Gasteiger charge is 2.44. The van der Waals surface area contributed by atoms with E-state index in [4.69, 9.17) is 28.4 Å². The minimum Gasteiger partial charge on any atom is -0.445 e. The van der Waals surface area contributed by atoms with Gasteiger partial charge in [-0.05, 0) is 73.1 Å². The first-order valence-corrected chi connectivity index (χ1v) is 30.4. The van der Waals surface area contributed by atoms with Gasteiger partial charge in [0.15, 0.2) is 5.78 Å². The summed E-state index contributed by atoms with van der Waals surface area (Å²) in [6, 6.07) is 11.1. The number of aliphatic hydroxyl groups is 1. The highest BCUT2D eigenvalue weighted by molar-refractivity contribution is 7.99. The number of thioether (sulfide) groups is 1. The number of anilines is 2. The number of rotatable bonds is 31. The summed E-state index contributed by atoms with van der Waals surface area (Å²) in [6.07, 6.45) is 2.02. The van der Waals surface area contributed by atoms with Crippen molar-refractivity contribution in [2.75, 3.05) is 84.1 Å². The highest BCUT2D eigenvalue weighted by Crippen LogP contribution is 2.32. The Bertz CT molecular complexity index is 2500. The van der Waals surface area contributed by atoms with Crippen LogP contribution in [-0.4, -0.2) is 183 Å². The van der Waals surface area contributed by atoms with Gasteiger partial charge in [0.25, 0.3) is 0 Å². The zero-order valence-corrected chi connectivity index (χ0v) is 52.2. The second-order valence-corrected chi connectivity index (χ2v) is 23.3. The lowest BCUT2D eigenvalue weighted by Crippen LogP contribution is -2.55. The molecule has 0 spiro atoms. The number of nitrogens with zero attached hydrogens (tertiary/aromatic N) is 3. The third-order valence-corrected chi connectivity index (χ3v) is 16.2. The van der Waals surface area contributed by atoms with E-state index >= 15 is 0 Å². The number of amides is 7. The summed E-state index contributed by atoms with van der Waals surface area (Å²) in [5, 5.41) is 22.0. The number of likely N-dealkylation sites (tertiary alicyclic amines) is 1. The number of Topliss-reactive ketones (excluding diaryl/α,β-unsaturated/α-hetero) is 1. The lowest BCUT2D eigenvalue weighted by molar-refractivity contribution is -0.149. The first-order valence-electron chi connectivity index (χ1n) is 29.0. The molecular formula is C61H93N7O15S. The number of hydrogen-bond donors (Lipinski definition) is 5. The number of carbonyl (C=O) groups excluding carboxylic acids is 8. The van der Waals surface area contributed by atoms with Crippen molar-refractivity contribution in [3.63, 3.8) is 0 Å². The summed E-state index contributed by atoms with van der Waals surface area (Å²) in [5.74, 6) is -4.01. The van der Waals surface area contributed by atoms with Crippen molar-refractivity contribution < 1.29 is 71.9 Å².